The average Bonchev–Trinajstić information content (AvgIpc) is 2.86. The van der Waals surface area contributed by atoms with E-state index in [1.807, 2.05) is 0 Å². The molecular weight excluding hydrogens is 525 g/mol. The molecule has 0 heterocycles. The third-order valence-electron chi connectivity index (χ3n) is 5.61. The number of rotatable bonds is 9. The van der Waals surface area contributed by atoms with Crippen LogP contribution in [0.25, 0.3) is 0 Å². The lowest BCUT2D eigenvalue weighted by atomic mass is 10.1. The Morgan fingerprint density at radius 2 is 1.66 bits per heavy atom. The first kappa shape index (κ1) is 28.5. The van der Waals surface area contributed by atoms with Gasteiger partial charge in [0.2, 0.25) is 5.91 Å². The summed E-state index contributed by atoms with van der Waals surface area (Å²) in [4.78, 5) is 25.5. The first-order valence-corrected chi connectivity index (χ1v) is 12.9. The van der Waals surface area contributed by atoms with Gasteiger partial charge in [-0.1, -0.05) is 25.5 Å². The maximum Gasteiger partial charge on any atom is 0.255 e. The van der Waals surface area contributed by atoms with Crippen LogP contribution in [0.1, 0.15) is 35.7 Å². The molecule has 0 spiro atoms. The Balaban J connectivity index is 1.89. The summed E-state index contributed by atoms with van der Waals surface area (Å²) in [5.74, 6) is -7.45. The summed E-state index contributed by atoms with van der Waals surface area (Å²) in [5.41, 5.74) is -0.196. The van der Waals surface area contributed by atoms with Crippen LogP contribution in [0.3, 0.4) is 0 Å². The molecule has 202 valence electrons. The van der Waals surface area contributed by atoms with E-state index in [0.29, 0.717) is 24.1 Å². The van der Waals surface area contributed by atoms with E-state index in [1.165, 1.54) is 19.2 Å². The lowest BCUT2D eigenvalue weighted by Gasteiger charge is -2.19. The number of hydrogen-bond donors (Lipinski definition) is 3. The SMILES string of the molecule is CCCC(C(=O)Nc1cc(O)c(NC(=O)c2cc(F)c(F)c(F)c2)cc1OC)S(=O)(=O)c1cccc(C)c1. The van der Waals surface area contributed by atoms with E-state index >= 15 is 0 Å². The second kappa shape index (κ2) is 11.5. The fourth-order valence-electron chi connectivity index (χ4n) is 3.68. The van der Waals surface area contributed by atoms with Crippen LogP contribution in [0.5, 0.6) is 11.5 Å². The molecule has 0 fully saturated rings. The van der Waals surface area contributed by atoms with E-state index in [1.54, 1.807) is 26.0 Å². The van der Waals surface area contributed by atoms with Crippen molar-refractivity contribution in [2.75, 3.05) is 17.7 Å². The van der Waals surface area contributed by atoms with E-state index < -0.39 is 55.7 Å². The summed E-state index contributed by atoms with van der Waals surface area (Å²) in [7, 11) is -2.83. The van der Waals surface area contributed by atoms with Crippen LogP contribution in [0, 0.1) is 24.4 Å². The number of carbonyl (C=O) groups is 2. The second-order valence-corrected chi connectivity index (χ2v) is 10.5. The number of carbonyl (C=O) groups excluding carboxylic acids is 2. The van der Waals surface area contributed by atoms with Gasteiger partial charge in [-0.2, -0.15) is 0 Å². The molecule has 0 saturated heterocycles. The van der Waals surface area contributed by atoms with E-state index in [2.05, 4.69) is 10.6 Å². The van der Waals surface area contributed by atoms with Gasteiger partial charge in [0, 0.05) is 17.7 Å². The van der Waals surface area contributed by atoms with Gasteiger partial charge in [-0.15, -0.1) is 0 Å². The maximum absolute atomic E-state index is 13.5. The molecular formula is C26H25F3N2O6S. The van der Waals surface area contributed by atoms with Gasteiger partial charge >= 0.3 is 0 Å². The number of sulfone groups is 1. The van der Waals surface area contributed by atoms with Crippen LogP contribution in [-0.2, 0) is 14.6 Å². The summed E-state index contributed by atoms with van der Waals surface area (Å²) in [6.45, 7) is 3.46. The summed E-state index contributed by atoms with van der Waals surface area (Å²) >= 11 is 0. The highest BCUT2D eigenvalue weighted by molar-refractivity contribution is 7.92. The zero-order valence-electron chi connectivity index (χ0n) is 20.6. The molecule has 2 amide bonds. The van der Waals surface area contributed by atoms with Crippen LogP contribution in [-0.4, -0.2) is 37.7 Å². The number of nitrogens with one attached hydrogen (secondary N) is 2. The molecule has 0 saturated carbocycles. The number of hydrogen-bond acceptors (Lipinski definition) is 6. The van der Waals surface area contributed by atoms with Gasteiger partial charge in [0.15, 0.2) is 27.3 Å². The van der Waals surface area contributed by atoms with Gasteiger partial charge in [0.05, 0.1) is 23.4 Å². The summed E-state index contributed by atoms with van der Waals surface area (Å²) in [6, 6.07) is 9.27. The van der Waals surface area contributed by atoms with Crippen molar-refractivity contribution in [3.63, 3.8) is 0 Å². The predicted octanol–water partition coefficient (Wildman–Crippen LogP) is 4.96. The number of anilines is 2. The standard InChI is InChI=1S/C26H25F3N2O6S/c1-4-6-23(38(35,36)16-8-5-7-14(2)9-16)26(34)31-20-12-21(32)19(13-22(20)37-3)30-25(33)15-10-17(27)24(29)18(28)11-15/h5,7-13,23,32H,4,6H2,1-3H3,(H,30,33)(H,31,34). The van der Waals surface area contributed by atoms with Crippen molar-refractivity contribution in [1.29, 1.82) is 0 Å². The third kappa shape index (κ3) is 6.08. The zero-order valence-corrected chi connectivity index (χ0v) is 21.5. The minimum atomic E-state index is -4.06. The Bertz CT molecular complexity index is 1470. The Kier molecular flexibility index (Phi) is 8.67. The molecule has 0 aliphatic rings. The molecule has 0 aliphatic heterocycles. The van der Waals surface area contributed by atoms with Crippen LogP contribution >= 0.6 is 0 Å². The number of methoxy groups -OCH3 is 1. The highest BCUT2D eigenvalue weighted by Crippen LogP contribution is 2.36. The lowest BCUT2D eigenvalue weighted by Crippen LogP contribution is -2.35. The Morgan fingerprint density at radius 1 is 1.00 bits per heavy atom. The van der Waals surface area contributed by atoms with Gasteiger partial charge in [-0.25, -0.2) is 21.6 Å². The van der Waals surface area contributed by atoms with Crippen LogP contribution < -0.4 is 15.4 Å². The number of halogens is 3. The average molecular weight is 551 g/mol. The van der Waals surface area contributed by atoms with Gasteiger partial charge in [0.1, 0.15) is 16.7 Å². The van der Waals surface area contributed by atoms with Crippen molar-refractivity contribution < 1.29 is 41.0 Å². The molecule has 3 aromatic carbocycles. The molecule has 3 rings (SSSR count). The minimum absolute atomic E-state index is 0.00682. The lowest BCUT2D eigenvalue weighted by molar-refractivity contribution is -0.116. The third-order valence-corrected chi connectivity index (χ3v) is 7.72. The normalized spacial score (nSPS) is 12.1. The molecule has 3 N–H and O–H groups in total. The van der Waals surface area contributed by atoms with Gasteiger partial charge in [0.25, 0.3) is 5.91 Å². The number of phenols is 1. The summed E-state index contributed by atoms with van der Waals surface area (Å²) < 4.78 is 71.9. The summed E-state index contributed by atoms with van der Waals surface area (Å²) in [6.07, 6.45) is 0.413. The zero-order chi connectivity index (χ0) is 28.2. The topological polar surface area (TPSA) is 122 Å². The van der Waals surface area contributed by atoms with Gasteiger partial charge in [-0.05, 0) is 43.2 Å². The van der Waals surface area contributed by atoms with Crippen molar-refractivity contribution in [2.24, 2.45) is 0 Å². The molecule has 1 atom stereocenters. The molecule has 38 heavy (non-hydrogen) atoms. The van der Waals surface area contributed by atoms with Crippen LogP contribution in [0.4, 0.5) is 24.5 Å². The first-order chi connectivity index (χ1) is 17.9. The van der Waals surface area contributed by atoms with E-state index in [-0.39, 0.29) is 28.4 Å². The number of aromatic hydroxyl groups is 1. The van der Waals surface area contributed by atoms with Gasteiger partial charge < -0.3 is 20.5 Å². The number of amides is 2. The summed E-state index contributed by atoms with van der Waals surface area (Å²) in [5, 5.41) is 13.7. The van der Waals surface area contributed by atoms with Crippen molar-refractivity contribution in [3.05, 3.63) is 77.1 Å². The predicted molar refractivity (Wildman–Crippen MR) is 135 cm³/mol. The quantitative estimate of drug-likeness (QED) is 0.256. The number of phenolic OH excluding ortho intramolecular Hbond substituents is 1. The molecule has 0 bridgehead atoms. The molecule has 0 aliphatic carbocycles. The van der Waals surface area contributed by atoms with Crippen molar-refractivity contribution >= 4 is 33.0 Å². The molecule has 0 aromatic heterocycles. The monoisotopic (exact) mass is 550 g/mol. The van der Waals surface area contributed by atoms with E-state index in [0.717, 1.165) is 12.1 Å². The maximum atomic E-state index is 13.5. The van der Waals surface area contributed by atoms with E-state index in [9.17, 15) is 36.3 Å². The number of ether oxygens (including phenoxy) is 1. The highest BCUT2D eigenvalue weighted by atomic mass is 32.2. The Hall–Kier alpha value is -4.06. The van der Waals surface area contributed by atoms with Crippen molar-refractivity contribution in [2.45, 2.75) is 36.8 Å². The minimum Gasteiger partial charge on any atom is -0.506 e. The second-order valence-electron chi connectivity index (χ2n) is 8.41. The largest absolute Gasteiger partial charge is 0.506 e. The molecule has 12 heteroatoms. The van der Waals surface area contributed by atoms with E-state index in [4.69, 9.17) is 4.74 Å². The molecule has 1 unspecified atom stereocenters. The fourth-order valence-corrected chi connectivity index (χ4v) is 5.51. The van der Waals surface area contributed by atoms with Crippen molar-refractivity contribution in [3.8, 4) is 11.5 Å². The number of aryl methyl sites for hydroxylation is 1. The first-order valence-electron chi connectivity index (χ1n) is 11.4. The van der Waals surface area contributed by atoms with Gasteiger partial charge in [-0.3, -0.25) is 9.59 Å². The molecule has 0 radical (unpaired) electrons. The smallest absolute Gasteiger partial charge is 0.255 e. The Morgan fingerprint density at radius 3 is 2.24 bits per heavy atom. The van der Waals surface area contributed by atoms with Crippen LogP contribution in [0.15, 0.2) is 53.4 Å². The Labute approximate surface area is 217 Å². The highest BCUT2D eigenvalue weighted by Gasteiger charge is 2.34. The van der Waals surface area contributed by atoms with Crippen LogP contribution in [0.2, 0.25) is 0 Å². The molecule has 8 nitrogen and oxygen atoms in total. The fraction of sp³-hybridized carbons (Fsp3) is 0.231. The van der Waals surface area contributed by atoms with Crippen molar-refractivity contribution in [1.82, 2.24) is 0 Å². The molecule has 3 aromatic rings. The number of benzene rings is 3.